The largest absolute Gasteiger partial charge is 0.313 e. The van der Waals surface area contributed by atoms with Crippen LogP contribution in [-0.4, -0.2) is 49.1 Å². The first-order valence-corrected chi connectivity index (χ1v) is 7.06. The number of nitrogens with one attached hydrogen (secondary N) is 1. The Morgan fingerprint density at radius 1 is 1.57 bits per heavy atom. The van der Waals surface area contributed by atoms with Crippen molar-refractivity contribution < 1.29 is 0 Å². The first kappa shape index (κ1) is 12.3. The average Bonchev–Trinajstić information content (AvgIpc) is 2.66. The predicted octanol–water partition coefficient (Wildman–Crippen LogP) is 1.81. The fraction of sp³-hybridized carbons (Fsp3) is 1.00. The molecule has 0 aliphatic carbocycles. The summed E-state index contributed by atoms with van der Waals surface area (Å²) >= 11 is 1.95. The van der Waals surface area contributed by atoms with Crippen molar-refractivity contribution in [2.75, 3.05) is 32.1 Å². The Morgan fingerprint density at radius 3 is 2.93 bits per heavy atom. The van der Waals surface area contributed by atoms with Gasteiger partial charge >= 0.3 is 0 Å². The van der Waals surface area contributed by atoms with E-state index >= 15 is 0 Å². The van der Waals surface area contributed by atoms with E-state index in [2.05, 4.69) is 30.4 Å². The molecule has 1 unspecified atom stereocenters. The van der Waals surface area contributed by atoms with Crippen LogP contribution in [0.5, 0.6) is 0 Å². The third kappa shape index (κ3) is 4.20. The Labute approximate surface area is 92.8 Å². The minimum Gasteiger partial charge on any atom is -0.313 e. The van der Waals surface area contributed by atoms with Crippen molar-refractivity contribution in [2.45, 2.75) is 38.3 Å². The third-order valence-corrected chi connectivity index (χ3v) is 3.81. The number of hydrogen-bond donors (Lipinski definition) is 1. The normalized spacial score (nSPS) is 24.4. The molecule has 1 saturated heterocycles. The van der Waals surface area contributed by atoms with Crippen LogP contribution in [0, 0.1) is 0 Å². The molecule has 0 bridgehead atoms. The second kappa shape index (κ2) is 6.70. The van der Waals surface area contributed by atoms with E-state index in [1.54, 1.807) is 0 Å². The van der Waals surface area contributed by atoms with Crippen LogP contribution in [0.25, 0.3) is 0 Å². The molecule has 1 N–H and O–H groups in total. The van der Waals surface area contributed by atoms with Crippen molar-refractivity contribution in [1.82, 2.24) is 10.2 Å². The standard InChI is InChI=1S/C11H24N2S/c1-10(6-8-14-3)13(2)9-11-5-4-7-12-11/h10-12H,4-9H2,1-3H3/t10?,11-/m1/s1. The van der Waals surface area contributed by atoms with Crippen LogP contribution >= 0.6 is 11.8 Å². The van der Waals surface area contributed by atoms with Gasteiger partial charge in [-0.1, -0.05) is 0 Å². The number of likely N-dealkylation sites (N-methyl/N-ethyl adjacent to an activating group) is 1. The van der Waals surface area contributed by atoms with Gasteiger partial charge in [-0.05, 0) is 51.8 Å². The SMILES string of the molecule is CSCCC(C)N(C)C[C@H]1CCCN1. The highest BCUT2D eigenvalue weighted by molar-refractivity contribution is 7.98. The molecule has 0 saturated carbocycles. The summed E-state index contributed by atoms with van der Waals surface area (Å²) < 4.78 is 0. The van der Waals surface area contributed by atoms with E-state index in [-0.39, 0.29) is 0 Å². The highest BCUT2D eigenvalue weighted by Crippen LogP contribution is 2.10. The van der Waals surface area contributed by atoms with Crippen LogP contribution < -0.4 is 5.32 Å². The predicted molar refractivity (Wildman–Crippen MR) is 66.1 cm³/mol. The highest BCUT2D eigenvalue weighted by atomic mass is 32.2. The topological polar surface area (TPSA) is 15.3 Å². The molecule has 0 spiro atoms. The molecule has 0 aromatic heterocycles. The summed E-state index contributed by atoms with van der Waals surface area (Å²) in [5, 5.41) is 3.55. The molecule has 0 radical (unpaired) electrons. The maximum Gasteiger partial charge on any atom is 0.0195 e. The Kier molecular flexibility index (Phi) is 5.90. The summed E-state index contributed by atoms with van der Waals surface area (Å²) in [7, 11) is 2.25. The number of rotatable bonds is 6. The fourth-order valence-electron chi connectivity index (χ4n) is 1.95. The molecule has 84 valence electrons. The van der Waals surface area contributed by atoms with Gasteiger partial charge in [0.25, 0.3) is 0 Å². The molecule has 1 aliphatic rings. The van der Waals surface area contributed by atoms with Crippen molar-refractivity contribution in [2.24, 2.45) is 0 Å². The fourth-order valence-corrected chi connectivity index (χ4v) is 2.53. The average molecular weight is 216 g/mol. The summed E-state index contributed by atoms with van der Waals surface area (Å²) in [6, 6.07) is 1.47. The maximum atomic E-state index is 3.55. The maximum absolute atomic E-state index is 3.55. The lowest BCUT2D eigenvalue weighted by Crippen LogP contribution is -2.40. The zero-order valence-electron chi connectivity index (χ0n) is 9.75. The third-order valence-electron chi connectivity index (χ3n) is 3.16. The first-order chi connectivity index (χ1) is 6.74. The van der Waals surface area contributed by atoms with Crippen LogP contribution in [0.2, 0.25) is 0 Å². The quantitative estimate of drug-likeness (QED) is 0.729. The summed E-state index contributed by atoms with van der Waals surface area (Å²) in [5.41, 5.74) is 0. The monoisotopic (exact) mass is 216 g/mol. The zero-order chi connectivity index (χ0) is 10.4. The van der Waals surface area contributed by atoms with Gasteiger partial charge in [0.05, 0.1) is 0 Å². The van der Waals surface area contributed by atoms with Crippen LogP contribution in [0.1, 0.15) is 26.2 Å². The lowest BCUT2D eigenvalue weighted by atomic mass is 10.1. The lowest BCUT2D eigenvalue weighted by molar-refractivity contribution is 0.231. The molecule has 2 nitrogen and oxygen atoms in total. The summed E-state index contributed by atoms with van der Waals surface area (Å²) in [5.74, 6) is 1.28. The van der Waals surface area contributed by atoms with Gasteiger partial charge in [-0.2, -0.15) is 11.8 Å². The minimum absolute atomic E-state index is 0.727. The first-order valence-electron chi connectivity index (χ1n) is 5.66. The number of nitrogens with zero attached hydrogens (tertiary/aromatic N) is 1. The zero-order valence-corrected chi connectivity index (χ0v) is 10.6. The Balaban J connectivity index is 2.15. The van der Waals surface area contributed by atoms with Crippen molar-refractivity contribution in [1.29, 1.82) is 0 Å². The molecule has 3 heteroatoms. The van der Waals surface area contributed by atoms with Crippen LogP contribution in [0.3, 0.4) is 0 Å². The second-order valence-corrected chi connectivity index (χ2v) is 5.35. The summed E-state index contributed by atoms with van der Waals surface area (Å²) in [6.07, 6.45) is 6.22. The molecular formula is C11H24N2S. The van der Waals surface area contributed by atoms with Gasteiger partial charge < -0.3 is 10.2 Å². The smallest absolute Gasteiger partial charge is 0.0195 e. The number of thioether (sulfide) groups is 1. The van der Waals surface area contributed by atoms with E-state index in [1.165, 1.54) is 38.1 Å². The van der Waals surface area contributed by atoms with E-state index in [4.69, 9.17) is 0 Å². The van der Waals surface area contributed by atoms with Gasteiger partial charge in [0.1, 0.15) is 0 Å². The summed E-state index contributed by atoms with van der Waals surface area (Å²) in [4.78, 5) is 2.50. The van der Waals surface area contributed by atoms with Gasteiger partial charge in [0.15, 0.2) is 0 Å². The van der Waals surface area contributed by atoms with E-state index in [0.717, 1.165) is 12.1 Å². The van der Waals surface area contributed by atoms with Gasteiger partial charge in [-0.3, -0.25) is 0 Å². The van der Waals surface area contributed by atoms with Gasteiger partial charge in [-0.25, -0.2) is 0 Å². The van der Waals surface area contributed by atoms with E-state index < -0.39 is 0 Å². The minimum atomic E-state index is 0.727. The van der Waals surface area contributed by atoms with Gasteiger partial charge in [0.2, 0.25) is 0 Å². The molecule has 1 rings (SSSR count). The van der Waals surface area contributed by atoms with Crippen LogP contribution in [0.15, 0.2) is 0 Å². The molecular weight excluding hydrogens is 192 g/mol. The van der Waals surface area contributed by atoms with E-state index in [9.17, 15) is 0 Å². The molecule has 2 atom stereocenters. The number of hydrogen-bond acceptors (Lipinski definition) is 3. The molecule has 0 aromatic rings. The van der Waals surface area contributed by atoms with Crippen molar-refractivity contribution >= 4 is 11.8 Å². The van der Waals surface area contributed by atoms with Crippen molar-refractivity contribution in [3.05, 3.63) is 0 Å². The Bertz CT molecular complexity index is 146. The molecule has 0 amide bonds. The van der Waals surface area contributed by atoms with Crippen molar-refractivity contribution in [3.8, 4) is 0 Å². The molecule has 14 heavy (non-hydrogen) atoms. The molecule has 1 fully saturated rings. The highest BCUT2D eigenvalue weighted by Gasteiger charge is 2.18. The van der Waals surface area contributed by atoms with Gasteiger partial charge in [-0.15, -0.1) is 0 Å². The second-order valence-electron chi connectivity index (χ2n) is 4.36. The van der Waals surface area contributed by atoms with Crippen LogP contribution in [0.4, 0.5) is 0 Å². The lowest BCUT2D eigenvalue weighted by Gasteiger charge is -2.27. The Hall–Kier alpha value is 0.270. The van der Waals surface area contributed by atoms with E-state index in [0.29, 0.717) is 0 Å². The van der Waals surface area contributed by atoms with Crippen LogP contribution in [-0.2, 0) is 0 Å². The van der Waals surface area contributed by atoms with Gasteiger partial charge in [0, 0.05) is 18.6 Å². The summed E-state index contributed by atoms with van der Waals surface area (Å²) in [6.45, 7) is 4.78. The molecule has 1 heterocycles. The Morgan fingerprint density at radius 2 is 2.36 bits per heavy atom. The molecule has 1 aliphatic heterocycles. The van der Waals surface area contributed by atoms with Crippen molar-refractivity contribution in [3.63, 3.8) is 0 Å². The van der Waals surface area contributed by atoms with E-state index in [1.807, 2.05) is 11.8 Å². The molecule has 0 aromatic carbocycles.